The zero-order chi connectivity index (χ0) is 19.5. The molecule has 1 spiro atoms. The van der Waals surface area contributed by atoms with Crippen LogP contribution in [0.5, 0.6) is 0 Å². The number of nitrogens with two attached hydrogens (primary N) is 1. The van der Waals surface area contributed by atoms with E-state index in [1.54, 1.807) is 4.90 Å². The summed E-state index contributed by atoms with van der Waals surface area (Å²) in [5.74, 6) is -0.339. The van der Waals surface area contributed by atoms with Gasteiger partial charge in [-0.2, -0.15) is 0 Å². The van der Waals surface area contributed by atoms with E-state index in [2.05, 4.69) is 0 Å². The first-order chi connectivity index (χ1) is 12.8. The lowest BCUT2D eigenvalue weighted by Crippen LogP contribution is -2.61. The van der Waals surface area contributed by atoms with Crippen molar-refractivity contribution in [1.82, 2.24) is 9.80 Å². The van der Waals surface area contributed by atoms with Gasteiger partial charge in [0.1, 0.15) is 5.54 Å². The third-order valence-electron chi connectivity index (χ3n) is 5.53. The Bertz CT molecular complexity index is 796. The molecule has 1 atom stereocenters. The highest BCUT2D eigenvalue weighted by atomic mass is 32.2. The van der Waals surface area contributed by atoms with Gasteiger partial charge in [0.15, 0.2) is 0 Å². The minimum atomic E-state index is -3.58. The Morgan fingerprint density at radius 1 is 1.11 bits per heavy atom. The molecule has 0 saturated carbocycles. The summed E-state index contributed by atoms with van der Waals surface area (Å²) in [5.41, 5.74) is 0.318. The van der Waals surface area contributed by atoms with Crippen molar-refractivity contribution in [3.63, 3.8) is 0 Å². The Kier molecular flexibility index (Phi) is 5.86. The van der Waals surface area contributed by atoms with Crippen molar-refractivity contribution in [2.24, 2.45) is 5.14 Å². The van der Waals surface area contributed by atoms with Crippen molar-refractivity contribution in [2.45, 2.75) is 50.6 Å². The molecule has 0 aliphatic carbocycles. The van der Waals surface area contributed by atoms with Crippen LogP contribution < -0.4 is 5.14 Å². The highest BCUT2D eigenvalue weighted by Crippen LogP contribution is 2.39. The number of carbonyl (C=O) groups excluding carboxylic acids is 2. The smallest absolute Gasteiger partial charge is 0.248 e. The molecule has 8 heteroatoms. The highest BCUT2D eigenvalue weighted by Gasteiger charge is 2.52. The molecule has 2 amide bonds. The second kappa shape index (κ2) is 7.98. The third kappa shape index (κ3) is 4.50. The van der Waals surface area contributed by atoms with Crippen molar-refractivity contribution in [1.29, 1.82) is 0 Å². The number of primary sulfonamides is 1. The monoisotopic (exact) mass is 393 g/mol. The lowest BCUT2D eigenvalue weighted by atomic mass is 9.85. The predicted octanol–water partition coefficient (Wildman–Crippen LogP) is 1.24. The maximum atomic E-state index is 13.3. The van der Waals surface area contributed by atoms with Gasteiger partial charge in [0.2, 0.25) is 21.8 Å². The molecule has 1 unspecified atom stereocenters. The first kappa shape index (κ1) is 19.8. The van der Waals surface area contributed by atoms with Crippen LogP contribution in [0.15, 0.2) is 30.3 Å². The minimum absolute atomic E-state index is 0.0231. The summed E-state index contributed by atoms with van der Waals surface area (Å²) in [6, 6.07) is 9.85. The summed E-state index contributed by atoms with van der Waals surface area (Å²) in [6.07, 6.45) is 3.30. The second-order valence-corrected chi connectivity index (χ2v) is 9.20. The number of benzene rings is 1. The Labute approximate surface area is 160 Å². The molecule has 2 aliphatic rings. The summed E-state index contributed by atoms with van der Waals surface area (Å²) in [6.45, 7) is 1.80. The van der Waals surface area contributed by atoms with Crippen LogP contribution in [0.4, 0.5) is 0 Å². The van der Waals surface area contributed by atoms with Gasteiger partial charge in [-0.15, -0.1) is 0 Å². The quantitative estimate of drug-likeness (QED) is 0.786. The van der Waals surface area contributed by atoms with Gasteiger partial charge >= 0.3 is 0 Å². The SMILES string of the molecule is NS(=O)(=O)CCCC(=O)N1CCCC12CCCN(Cc1ccccc1)C2=O. The van der Waals surface area contributed by atoms with Crippen LogP contribution in [0.1, 0.15) is 44.1 Å². The van der Waals surface area contributed by atoms with E-state index in [0.717, 1.165) is 18.4 Å². The molecule has 0 radical (unpaired) electrons. The van der Waals surface area contributed by atoms with E-state index in [1.807, 2.05) is 35.2 Å². The molecule has 3 rings (SSSR count). The Balaban J connectivity index is 1.70. The summed E-state index contributed by atoms with van der Waals surface area (Å²) in [4.78, 5) is 29.6. The largest absolute Gasteiger partial charge is 0.336 e. The Morgan fingerprint density at radius 2 is 1.78 bits per heavy atom. The molecule has 2 aliphatic heterocycles. The lowest BCUT2D eigenvalue weighted by molar-refractivity contribution is -0.155. The van der Waals surface area contributed by atoms with E-state index in [-0.39, 0.29) is 30.4 Å². The van der Waals surface area contributed by atoms with Crippen LogP contribution in [-0.4, -0.2) is 54.4 Å². The van der Waals surface area contributed by atoms with Crippen molar-refractivity contribution in [2.75, 3.05) is 18.8 Å². The molecule has 2 N–H and O–H groups in total. The van der Waals surface area contributed by atoms with Gasteiger partial charge in [0, 0.05) is 26.1 Å². The number of piperidine rings is 1. The van der Waals surface area contributed by atoms with Crippen LogP contribution >= 0.6 is 0 Å². The van der Waals surface area contributed by atoms with Crippen molar-refractivity contribution in [3.8, 4) is 0 Å². The first-order valence-corrected chi connectivity index (χ1v) is 11.2. The van der Waals surface area contributed by atoms with Crippen LogP contribution in [0.2, 0.25) is 0 Å². The number of amides is 2. The lowest BCUT2D eigenvalue weighted by Gasteiger charge is -2.44. The van der Waals surface area contributed by atoms with Gasteiger partial charge in [-0.05, 0) is 37.7 Å². The maximum absolute atomic E-state index is 13.3. The Morgan fingerprint density at radius 3 is 2.44 bits per heavy atom. The molecule has 7 nitrogen and oxygen atoms in total. The minimum Gasteiger partial charge on any atom is -0.336 e. The molecule has 1 aromatic rings. The highest BCUT2D eigenvalue weighted by molar-refractivity contribution is 7.89. The number of hydrogen-bond donors (Lipinski definition) is 1. The summed E-state index contributed by atoms with van der Waals surface area (Å²) in [5, 5.41) is 5.01. The Hall–Kier alpha value is -1.93. The molecule has 2 saturated heterocycles. The third-order valence-corrected chi connectivity index (χ3v) is 6.39. The molecule has 148 valence electrons. The molecule has 2 heterocycles. The average Bonchev–Trinajstić information content (AvgIpc) is 3.03. The van der Waals surface area contributed by atoms with Gasteiger partial charge < -0.3 is 9.80 Å². The fourth-order valence-electron chi connectivity index (χ4n) is 4.30. The van der Waals surface area contributed by atoms with E-state index in [0.29, 0.717) is 32.5 Å². The van der Waals surface area contributed by atoms with Gasteiger partial charge in [-0.3, -0.25) is 9.59 Å². The number of nitrogens with zero attached hydrogens (tertiary/aromatic N) is 2. The molecule has 27 heavy (non-hydrogen) atoms. The average molecular weight is 394 g/mol. The second-order valence-electron chi connectivity index (χ2n) is 7.47. The van der Waals surface area contributed by atoms with E-state index >= 15 is 0 Å². The van der Waals surface area contributed by atoms with Gasteiger partial charge in [-0.25, -0.2) is 13.6 Å². The van der Waals surface area contributed by atoms with E-state index in [4.69, 9.17) is 5.14 Å². The van der Waals surface area contributed by atoms with E-state index < -0.39 is 15.6 Å². The topological polar surface area (TPSA) is 101 Å². The fourth-order valence-corrected chi connectivity index (χ4v) is 4.85. The maximum Gasteiger partial charge on any atom is 0.248 e. The number of sulfonamides is 1. The zero-order valence-corrected chi connectivity index (χ0v) is 16.3. The number of carbonyl (C=O) groups is 2. The first-order valence-electron chi connectivity index (χ1n) is 9.46. The van der Waals surface area contributed by atoms with Crippen LogP contribution in [0.3, 0.4) is 0 Å². The predicted molar refractivity (Wildman–Crippen MR) is 102 cm³/mol. The van der Waals surface area contributed by atoms with Crippen LogP contribution in [0.25, 0.3) is 0 Å². The fraction of sp³-hybridized carbons (Fsp3) is 0.579. The molecular formula is C19H27N3O4S. The number of rotatable bonds is 6. The standard InChI is InChI=1S/C19H27N3O4S/c20-27(25,26)14-4-9-17(23)22-13-6-11-19(22)10-5-12-21(18(19)24)15-16-7-2-1-3-8-16/h1-3,7-8H,4-6,9-15H2,(H2,20,25,26). The van der Waals surface area contributed by atoms with Gasteiger partial charge in [0.05, 0.1) is 5.75 Å². The molecule has 1 aromatic carbocycles. The molecule has 2 fully saturated rings. The van der Waals surface area contributed by atoms with E-state index in [9.17, 15) is 18.0 Å². The molecule has 0 aromatic heterocycles. The van der Waals surface area contributed by atoms with Crippen LogP contribution in [0, 0.1) is 0 Å². The summed E-state index contributed by atoms with van der Waals surface area (Å²) >= 11 is 0. The normalized spacial score (nSPS) is 23.2. The number of likely N-dealkylation sites (tertiary alicyclic amines) is 2. The molecule has 0 bridgehead atoms. The van der Waals surface area contributed by atoms with Crippen molar-refractivity contribution in [3.05, 3.63) is 35.9 Å². The summed E-state index contributed by atoms with van der Waals surface area (Å²) in [7, 11) is -3.58. The van der Waals surface area contributed by atoms with Crippen LogP contribution in [-0.2, 0) is 26.2 Å². The van der Waals surface area contributed by atoms with Gasteiger partial charge in [-0.1, -0.05) is 30.3 Å². The van der Waals surface area contributed by atoms with Crippen molar-refractivity contribution >= 4 is 21.8 Å². The van der Waals surface area contributed by atoms with Crippen molar-refractivity contribution < 1.29 is 18.0 Å². The van der Waals surface area contributed by atoms with E-state index in [1.165, 1.54) is 0 Å². The zero-order valence-electron chi connectivity index (χ0n) is 15.5. The number of hydrogen-bond acceptors (Lipinski definition) is 4. The summed E-state index contributed by atoms with van der Waals surface area (Å²) < 4.78 is 22.2. The molecular weight excluding hydrogens is 366 g/mol. The van der Waals surface area contributed by atoms with Gasteiger partial charge in [0.25, 0.3) is 0 Å².